The second kappa shape index (κ2) is 14.6. The van der Waals surface area contributed by atoms with Crippen molar-refractivity contribution in [1.82, 2.24) is 15.1 Å². The zero-order valence-electron chi connectivity index (χ0n) is 20.5. The molecule has 1 aliphatic rings. The molecule has 0 saturated carbocycles. The molecule has 0 bridgehead atoms. The van der Waals surface area contributed by atoms with Crippen molar-refractivity contribution < 1.29 is 28.5 Å². The summed E-state index contributed by atoms with van der Waals surface area (Å²) in [7, 11) is 4.49. The normalized spacial score (nSPS) is 13.9. The van der Waals surface area contributed by atoms with Crippen molar-refractivity contribution in [2.45, 2.75) is 32.6 Å². The van der Waals surface area contributed by atoms with E-state index in [1.807, 2.05) is 4.90 Å². The number of benzene rings is 1. The molecule has 1 heterocycles. The third-order valence-electron chi connectivity index (χ3n) is 5.75. The van der Waals surface area contributed by atoms with Crippen LogP contribution >= 0.6 is 0 Å². The topological polar surface area (TPSA) is 89.6 Å². The Morgan fingerprint density at radius 2 is 1.67 bits per heavy atom. The summed E-state index contributed by atoms with van der Waals surface area (Å²) in [5.41, 5.74) is 0.333. The van der Waals surface area contributed by atoms with Crippen LogP contribution in [0.15, 0.2) is 12.1 Å². The monoisotopic (exact) mass is 465 g/mol. The molecular formula is C24H39N3O6. The smallest absolute Gasteiger partial charge is 0.251 e. The molecule has 0 radical (unpaired) electrons. The largest absolute Gasteiger partial charge is 0.493 e. The van der Waals surface area contributed by atoms with E-state index in [1.54, 1.807) is 12.1 Å². The lowest BCUT2D eigenvalue weighted by molar-refractivity contribution is -0.130. The number of carbonyl (C=O) groups is 2. The third kappa shape index (κ3) is 8.40. The van der Waals surface area contributed by atoms with Crippen LogP contribution in [0.4, 0.5) is 0 Å². The first-order valence-electron chi connectivity index (χ1n) is 11.7. The quantitative estimate of drug-likeness (QED) is 0.421. The predicted molar refractivity (Wildman–Crippen MR) is 126 cm³/mol. The van der Waals surface area contributed by atoms with E-state index in [2.05, 4.69) is 17.1 Å². The van der Waals surface area contributed by atoms with E-state index in [0.29, 0.717) is 35.9 Å². The summed E-state index contributed by atoms with van der Waals surface area (Å²) in [4.78, 5) is 29.9. The number of rotatable bonds is 14. The van der Waals surface area contributed by atoms with Gasteiger partial charge in [-0.25, -0.2) is 0 Å². The van der Waals surface area contributed by atoms with Gasteiger partial charge in [0.15, 0.2) is 11.5 Å². The fraction of sp³-hybridized carbons (Fsp3) is 0.667. The predicted octanol–water partition coefficient (Wildman–Crippen LogP) is 2.18. The lowest BCUT2D eigenvalue weighted by Gasteiger charge is -2.30. The highest BCUT2D eigenvalue weighted by Gasteiger charge is 2.20. The maximum Gasteiger partial charge on any atom is 0.251 e. The Kier molecular flexibility index (Phi) is 11.8. The van der Waals surface area contributed by atoms with Crippen molar-refractivity contribution in [3.05, 3.63) is 17.7 Å². The molecule has 0 aliphatic carbocycles. The molecule has 2 rings (SSSR count). The minimum Gasteiger partial charge on any atom is -0.493 e. The van der Waals surface area contributed by atoms with Gasteiger partial charge in [0.25, 0.3) is 5.91 Å². The second-order valence-electron chi connectivity index (χ2n) is 7.99. The van der Waals surface area contributed by atoms with Crippen LogP contribution in [0.5, 0.6) is 17.2 Å². The van der Waals surface area contributed by atoms with Gasteiger partial charge in [-0.1, -0.05) is 26.2 Å². The van der Waals surface area contributed by atoms with Gasteiger partial charge >= 0.3 is 0 Å². The number of unbranched alkanes of at least 4 members (excludes halogenated alkanes) is 3. The van der Waals surface area contributed by atoms with Crippen molar-refractivity contribution >= 4 is 11.8 Å². The van der Waals surface area contributed by atoms with E-state index in [4.69, 9.17) is 18.9 Å². The van der Waals surface area contributed by atoms with Crippen molar-refractivity contribution in [3.63, 3.8) is 0 Å². The standard InChI is InChI=1S/C24H39N3O6/c1-5-6-7-8-9-27(11-10-26-12-14-33-15-13-26)22(28)18-25-24(29)19-16-20(30-2)23(32-4)21(17-19)31-3/h16-17H,5-15,18H2,1-4H3,(H,25,29). The number of nitrogens with zero attached hydrogens (tertiary/aromatic N) is 2. The van der Waals surface area contributed by atoms with Gasteiger partial charge in [-0.2, -0.15) is 0 Å². The zero-order chi connectivity index (χ0) is 24.1. The van der Waals surface area contributed by atoms with Crippen molar-refractivity contribution in [3.8, 4) is 17.2 Å². The first kappa shape index (κ1) is 26.7. The Balaban J connectivity index is 1.98. The Hall–Kier alpha value is -2.52. The molecule has 1 aromatic carbocycles. The molecule has 1 N–H and O–H groups in total. The summed E-state index contributed by atoms with van der Waals surface area (Å²) < 4.78 is 21.3. The summed E-state index contributed by atoms with van der Waals surface area (Å²) in [6, 6.07) is 3.14. The van der Waals surface area contributed by atoms with Gasteiger partial charge in [-0.15, -0.1) is 0 Å². The van der Waals surface area contributed by atoms with Crippen LogP contribution in [0.1, 0.15) is 43.0 Å². The Bertz CT molecular complexity index is 727. The van der Waals surface area contributed by atoms with Gasteiger partial charge in [0.1, 0.15) is 0 Å². The van der Waals surface area contributed by atoms with Gasteiger partial charge in [-0.3, -0.25) is 14.5 Å². The van der Waals surface area contributed by atoms with Crippen LogP contribution in [0, 0.1) is 0 Å². The summed E-state index contributed by atoms with van der Waals surface area (Å²) >= 11 is 0. The molecule has 0 aromatic heterocycles. The molecule has 1 fully saturated rings. The number of morpholine rings is 1. The van der Waals surface area contributed by atoms with Crippen LogP contribution < -0.4 is 19.5 Å². The first-order valence-corrected chi connectivity index (χ1v) is 11.7. The molecule has 1 aliphatic heterocycles. The molecule has 0 unspecified atom stereocenters. The molecule has 33 heavy (non-hydrogen) atoms. The van der Waals surface area contributed by atoms with Gasteiger partial charge in [0.2, 0.25) is 11.7 Å². The molecule has 1 aromatic rings. The number of ether oxygens (including phenoxy) is 4. The van der Waals surface area contributed by atoms with E-state index >= 15 is 0 Å². The van der Waals surface area contributed by atoms with Crippen LogP contribution in [0.3, 0.4) is 0 Å². The summed E-state index contributed by atoms with van der Waals surface area (Å²) in [6.45, 7) is 7.49. The molecule has 2 amide bonds. The first-order chi connectivity index (χ1) is 16.0. The molecule has 186 valence electrons. The average molecular weight is 466 g/mol. The number of hydrogen-bond donors (Lipinski definition) is 1. The van der Waals surface area contributed by atoms with Gasteiger partial charge in [0, 0.05) is 38.3 Å². The Morgan fingerprint density at radius 3 is 2.24 bits per heavy atom. The van der Waals surface area contributed by atoms with Crippen molar-refractivity contribution in [2.24, 2.45) is 0 Å². The Labute approximate surface area is 197 Å². The van der Waals surface area contributed by atoms with E-state index in [9.17, 15) is 9.59 Å². The molecule has 9 heteroatoms. The van der Waals surface area contributed by atoms with Crippen LogP contribution in [0.25, 0.3) is 0 Å². The van der Waals surface area contributed by atoms with Crippen molar-refractivity contribution in [1.29, 1.82) is 0 Å². The number of methoxy groups -OCH3 is 3. The molecule has 9 nitrogen and oxygen atoms in total. The minimum absolute atomic E-state index is 0.0631. The average Bonchev–Trinajstić information content (AvgIpc) is 2.86. The number of carbonyl (C=O) groups excluding carboxylic acids is 2. The highest BCUT2D eigenvalue weighted by Crippen LogP contribution is 2.38. The maximum atomic E-state index is 13.0. The van der Waals surface area contributed by atoms with Gasteiger partial charge in [-0.05, 0) is 18.6 Å². The van der Waals surface area contributed by atoms with Crippen molar-refractivity contribution in [2.75, 3.05) is 73.8 Å². The molecular weight excluding hydrogens is 426 g/mol. The fourth-order valence-corrected chi connectivity index (χ4v) is 3.76. The van der Waals surface area contributed by atoms with E-state index in [0.717, 1.165) is 58.5 Å². The SMILES string of the molecule is CCCCCCN(CCN1CCOCC1)C(=O)CNC(=O)c1cc(OC)c(OC)c(OC)c1. The Morgan fingerprint density at radius 1 is 1.00 bits per heavy atom. The maximum absolute atomic E-state index is 13.0. The van der Waals surface area contributed by atoms with E-state index in [-0.39, 0.29) is 18.4 Å². The second-order valence-corrected chi connectivity index (χ2v) is 7.99. The van der Waals surface area contributed by atoms with Gasteiger partial charge in [0.05, 0.1) is 41.1 Å². The third-order valence-corrected chi connectivity index (χ3v) is 5.75. The van der Waals surface area contributed by atoms with Crippen LogP contribution in [-0.2, 0) is 9.53 Å². The lowest BCUT2D eigenvalue weighted by Crippen LogP contribution is -2.46. The molecule has 0 atom stereocenters. The van der Waals surface area contributed by atoms with Crippen LogP contribution in [0.2, 0.25) is 0 Å². The van der Waals surface area contributed by atoms with E-state index in [1.165, 1.54) is 21.3 Å². The van der Waals surface area contributed by atoms with Gasteiger partial charge < -0.3 is 29.2 Å². The molecule has 0 spiro atoms. The highest BCUT2D eigenvalue weighted by atomic mass is 16.5. The number of hydrogen-bond acceptors (Lipinski definition) is 7. The molecule has 1 saturated heterocycles. The number of nitrogens with one attached hydrogen (secondary N) is 1. The minimum atomic E-state index is -0.373. The van der Waals surface area contributed by atoms with E-state index < -0.39 is 0 Å². The summed E-state index contributed by atoms with van der Waals surface area (Å²) in [5.74, 6) is 0.726. The highest BCUT2D eigenvalue weighted by molar-refractivity contribution is 5.97. The van der Waals surface area contributed by atoms with Crippen LogP contribution in [-0.4, -0.2) is 95.4 Å². The summed E-state index contributed by atoms with van der Waals surface area (Å²) in [5, 5.41) is 2.74. The number of amides is 2. The lowest BCUT2D eigenvalue weighted by atomic mass is 10.1. The summed E-state index contributed by atoms with van der Waals surface area (Å²) in [6.07, 6.45) is 4.36. The fourth-order valence-electron chi connectivity index (χ4n) is 3.76. The zero-order valence-corrected chi connectivity index (χ0v) is 20.5.